The molecule has 0 spiro atoms. The van der Waals surface area contributed by atoms with E-state index in [9.17, 15) is 9.59 Å². The quantitative estimate of drug-likeness (QED) is 0.159. The minimum atomic E-state index is -0.177. The second kappa shape index (κ2) is 18.4. The Morgan fingerprint density at radius 2 is 1.00 bits per heavy atom. The number of urea groups is 2. The molecule has 0 aliphatic heterocycles. The van der Waals surface area contributed by atoms with Gasteiger partial charge in [0.05, 0.1) is 0 Å². The molecule has 0 aliphatic carbocycles. The first-order valence-corrected chi connectivity index (χ1v) is 15.9. The molecule has 0 saturated carbocycles. The summed E-state index contributed by atoms with van der Waals surface area (Å²) in [6, 6.07) is 12.0. The molecule has 0 aromatic heterocycles. The number of nitrogens with one attached hydrogen (secondary N) is 4. The minimum Gasteiger partial charge on any atom is -0.335 e. The van der Waals surface area contributed by atoms with Crippen molar-refractivity contribution in [3.8, 4) is 11.1 Å². The van der Waals surface area contributed by atoms with Gasteiger partial charge in [-0.15, -0.1) is 0 Å². The molecule has 0 saturated heterocycles. The molecular weight excluding hydrogens is 524 g/mol. The fraction of sp³-hybridized carbons (Fsp3) is 0.588. The first kappa shape index (κ1) is 35.1. The van der Waals surface area contributed by atoms with Gasteiger partial charge < -0.3 is 31.1 Å². The Balaban J connectivity index is 1.88. The highest BCUT2D eigenvalue weighted by molar-refractivity contribution is 5.92. The number of hydrogen-bond acceptors (Lipinski definition) is 4. The van der Waals surface area contributed by atoms with Gasteiger partial charge in [-0.05, 0) is 139 Å². The summed E-state index contributed by atoms with van der Waals surface area (Å²) in [5.74, 6) is 0. The maximum Gasteiger partial charge on any atom is 0.319 e. The van der Waals surface area contributed by atoms with Crippen molar-refractivity contribution >= 4 is 23.4 Å². The Morgan fingerprint density at radius 3 is 1.31 bits per heavy atom. The Bertz CT molecular complexity index is 1030. The van der Waals surface area contributed by atoms with Crippen molar-refractivity contribution < 1.29 is 9.59 Å². The number of aryl methyl sites for hydroxylation is 2. The summed E-state index contributed by atoms with van der Waals surface area (Å²) in [6.45, 7) is 23.2. The molecule has 0 radical (unpaired) electrons. The Kier molecular flexibility index (Phi) is 15.4. The van der Waals surface area contributed by atoms with Crippen LogP contribution in [0.25, 0.3) is 11.1 Å². The first-order chi connectivity index (χ1) is 20.1. The van der Waals surface area contributed by atoms with Gasteiger partial charge in [0.2, 0.25) is 0 Å². The van der Waals surface area contributed by atoms with Crippen LogP contribution in [-0.4, -0.2) is 73.2 Å². The molecule has 0 heterocycles. The molecule has 2 aromatic rings. The van der Waals surface area contributed by atoms with Gasteiger partial charge in [-0.25, -0.2) is 9.59 Å². The number of benzene rings is 2. The maximum absolute atomic E-state index is 12.6. The normalized spacial score (nSPS) is 12.7. The molecule has 234 valence electrons. The van der Waals surface area contributed by atoms with E-state index in [1.54, 1.807) is 0 Å². The minimum absolute atomic E-state index is 0.109. The number of amides is 4. The number of hydrogen-bond donors (Lipinski definition) is 4. The third-order valence-corrected chi connectivity index (χ3v) is 8.05. The highest BCUT2D eigenvalue weighted by Crippen LogP contribution is 2.28. The average Bonchev–Trinajstić information content (AvgIpc) is 2.95. The molecule has 8 nitrogen and oxygen atoms in total. The van der Waals surface area contributed by atoms with E-state index in [0.717, 1.165) is 98.6 Å². The van der Waals surface area contributed by atoms with Crippen LogP contribution in [0.2, 0.25) is 0 Å². The van der Waals surface area contributed by atoms with Crippen LogP contribution in [0.1, 0.15) is 78.4 Å². The molecule has 2 atom stereocenters. The molecule has 42 heavy (non-hydrogen) atoms. The van der Waals surface area contributed by atoms with Gasteiger partial charge >= 0.3 is 12.1 Å². The average molecular weight is 581 g/mol. The van der Waals surface area contributed by atoms with E-state index in [4.69, 9.17) is 0 Å². The van der Waals surface area contributed by atoms with Gasteiger partial charge in [-0.1, -0.05) is 39.8 Å². The zero-order valence-corrected chi connectivity index (χ0v) is 27.4. The third kappa shape index (κ3) is 12.0. The van der Waals surface area contributed by atoms with Gasteiger partial charge in [0.25, 0.3) is 0 Å². The van der Waals surface area contributed by atoms with Crippen molar-refractivity contribution in [3.63, 3.8) is 0 Å². The van der Waals surface area contributed by atoms with Gasteiger partial charge in [0.15, 0.2) is 0 Å². The topological polar surface area (TPSA) is 88.7 Å². The number of anilines is 2. The fourth-order valence-corrected chi connectivity index (χ4v) is 5.20. The van der Waals surface area contributed by atoms with Crippen LogP contribution in [0, 0.1) is 13.8 Å². The number of rotatable bonds is 17. The van der Waals surface area contributed by atoms with Crippen LogP contribution in [0.5, 0.6) is 0 Å². The van der Waals surface area contributed by atoms with Crippen molar-refractivity contribution in [1.82, 2.24) is 20.4 Å². The molecule has 0 bridgehead atoms. The van der Waals surface area contributed by atoms with Gasteiger partial charge in [0, 0.05) is 23.5 Å². The maximum atomic E-state index is 12.6. The van der Waals surface area contributed by atoms with E-state index in [-0.39, 0.29) is 24.1 Å². The van der Waals surface area contributed by atoms with E-state index in [1.165, 1.54) is 0 Å². The van der Waals surface area contributed by atoms with Crippen molar-refractivity contribution in [2.45, 2.75) is 93.2 Å². The van der Waals surface area contributed by atoms with E-state index in [1.807, 2.05) is 38.1 Å². The number of carbonyl (C=O) groups is 2. The summed E-state index contributed by atoms with van der Waals surface area (Å²) in [7, 11) is 0. The van der Waals surface area contributed by atoms with Crippen LogP contribution < -0.4 is 21.3 Å². The summed E-state index contributed by atoms with van der Waals surface area (Å²) in [4.78, 5) is 30.0. The van der Waals surface area contributed by atoms with Gasteiger partial charge in [-0.3, -0.25) is 0 Å². The first-order valence-electron chi connectivity index (χ1n) is 15.9. The molecule has 2 aromatic carbocycles. The predicted octanol–water partition coefficient (Wildman–Crippen LogP) is 7.23. The summed E-state index contributed by atoms with van der Waals surface area (Å²) in [5, 5.41) is 12.1. The van der Waals surface area contributed by atoms with Gasteiger partial charge in [-0.2, -0.15) is 0 Å². The second-order valence-corrected chi connectivity index (χ2v) is 11.4. The lowest BCUT2D eigenvalue weighted by atomic mass is 10.00. The van der Waals surface area contributed by atoms with E-state index < -0.39 is 0 Å². The standard InChI is InChI=1S/C34H56N6O2/c1-9-39(10-2)21-13-15-27(7)35-33(41)37-31-19-17-29(23-25(31)5)30-18-20-32(26(6)24-30)38-34(42)36-28(8)16-14-22-40(11-3)12-4/h17-20,23-24,27-28H,9-16,21-22H2,1-8H3,(H2,35,37,41)(H2,36,38,42). The molecule has 4 N–H and O–H groups in total. The lowest BCUT2D eigenvalue weighted by molar-refractivity contribution is 0.246. The Labute approximate surface area is 255 Å². The zero-order chi connectivity index (χ0) is 31.1. The van der Waals surface area contributed by atoms with Crippen molar-refractivity contribution in [2.24, 2.45) is 0 Å². The zero-order valence-electron chi connectivity index (χ0n) is 27.4. The third-order valence-electron chi connectivity index (χ3n) is 8.05. The van der Waals surface area contributed by atoms with E-state index >= 15 is 0 Å². The van der Waals surface area contributed by atoms with Crippen LogP contribution in [0.3, 0.4) is 0 Å². The molecule has 2 unspecified atom stereocenters. The summed E-state index contributed by atoms with van der Waals surface area (Å²) in [5.41, 5.74) is 5.69. The summed E-state index contributed by atoms with van der Waals surface area (Å²) >= 11 is 0. The molecule has 0 fully saturated rings. The SMILES string of the molecule is CCN(CC)CCCC(C)NC(=O)Nc1ccc(-c2ccc(NC(=O)NC(C)CCCN(CC)CC)c(C)c2)cc1C. The summed E-state index contributed by atoms with van der Waals surface area (Å²) < 4.78 is 0. The number of carbonyl (C=O) groups excluding carboxylic acids is 2. The lowest BCUT2D eigenvalue weighted by Gasteiger charge is -2.20. The smallest absolute Gasteiger partial charge is 0.319 e. The second-order valence-electron chi connectivity index (χ2n) is 11.4. The monoisotopic (exact) mass is 580 g/mol. The fourth-order valence-electron chi connectivity index (χ4n) is 5.20. The van der Waals surface area contributed by atoms with E-state index in [0.29, 0.717) is 0 Å². The molecule has 0 aliphatic rings. The largest absolute Gasteiger partial charge is 0.335 e. The van der Waals surface area contributed by atoms with Gasteiger partial charge in [0.1, 0.15) is 0 Å². The highest BCUT2D eigenvalue weighted by Gasteiger charge is 2.13. The molecule has 2 rings (SSSR count). The highest BCUT2D eigenvalue weighted by atomic mass is 16.2. The summed E-state index contributed by atoms with van der Waals surface area (Å²) in [6.07, 6.45) is 4.02. The van der Waals surface area contributed by atoms with E-state index in [2.05, 4.69) is 84.7 Å². The van der Waals surface area contributed by atoms with Crippen LogP contribution >= 0.6 is 0 Å². The van der Waals surface area contributed by atoms with Crippen LogP contribution in [0.15, 0.2) is 36.4 Å². The number of nitrogens with zero attached hydrogens (tertiary/aromatic N) is 2. The van der Waals surface area contributed by atoms with Crippen molar-refractivity contribution in [3.05, 3.63) is 47.5 Å². The Morgan fingerprint density at radius 1 is 0.643 bits per heavy atom. The van der Waals surface area contributed by atoms with Crippen LogP contribution in [-0.2, 0) is 0 Å². The van der Waals surface area contributed by atoms with Crippen molar-refractivity contribution in [2.75, 3.05) is 49.9 Å². The predicted molar refractivity (Wildman–Crippen MR) is 179 cm³/mol. The molecule has 8 heteroatoms. The molecular formula is C34H56N6O2. The molecule has 4 amide bonds. The Hall–Kier alpha value is -3.10. The lowest BCUT2D eigenvalue weighted by Crippen LogP contribution is -2.37. The van der Waals surface area contributed by atoms with Crippen LogP contribution in [0.4, 0.5) is 21.0 Å². The van der Waals surface area contributed by atoms with Crippen molar-refractivity contribution in [1.29, 1.82) is 0 Å².